The van der Waals surface area contributed by atoms with Crippen LogP contribution in [0.2, 0.25) is 0 Å². The summed E-state index contributed by atoms with van der Waals surface area (Å²) < 4.78 is 0. The maximum atomic E-state index is 11.0. The number of anilines is 2. The Bertz CT molecular complexity index is 402. The van der Waals surface area contributed by atoms with Gasteiger partial charge in [-0.2, -0.15) is 0 Å². The minimum Gasteiger partial charge on any atom is -0.478 e. The highest BCUT2D eigenvalue weighted by Gasteiger charge is 2.12. The molecule has 4 nitrogen and oxygen atoms in total. The zero-order chi connectivity index (χ0) is 13.0. The molecule has 1 rings (SSSR count). The van der Waals surface area contributed by atoms with Gasteiger partial charge in [-0.15, -0.1) is 0 Å². The quantitative estimate of drug-likeness (QED) is 0.687. The van der Waals surface area contributed by atoms with Crippen molar-refractivity contribution in [1.82, 2.24) is 0 Å². The van der Waals surface area contributed by atoms with Crippen molar-refractivity contribution in [1.29, 1.82) is 0 Å². The van der Waals surface area contributed by atoms with Gasteiger partial charge in [0.1, 0.15) is 0 Å². The lowest BCUT2D eigenvalue weighted by Gasteiger charge is -2.18. The van der Waals surface area contributed by atoms with Gasteiger partial charge in [0.2, 0.25) is 0 Å². The molecule has 0 amide bonds. The highest BCUT2D eigenvalue weighted by atomic mass is 16.4. The van der Waals surface area contributed by atoms with E-state index in [0.717, 1.165) is 6.54 Å². The standard InChI is InChI=1S/C13H20N2O2/c1-8(2)9(3)7-15-12-6-10(14)4-5-11(12)13(16)17/h4-6,8-9,15H,7,14H2,1-3H3,(H,16,17). The summed E-state index contributed by atoms with van der Waals surface area (Å²) in [6, 6.07) is 4.79. The predicted octanol–water partition coefficient (Wildman–Crippen LogP) is 2.67. The molecule has 0 fully saturated rings. The molecule has 0 radical (unpaired) electrons. The number of benzene rings is 1. The fraction of sp³-hybridized carbons (Fsp3) is 0.462. The largest absolute Gasteiger partial charge is 0.478 e. The number of nitrogens with two attached hydrogens (primary N) is 1. The van der Waals surface area contributed by atoms with Crippen LogP contribution >= 0.6 is 0 Å². The fourth-order valence-electron chi connectivity index (χ4n) is 1.40. The Morgan fingerprint density at radius 3 is 2.59 bits per heavy atom. The van der Waals surface area contributed by atoms with Crippen molar-refractivity contribution in [2.24, 2.45) is 11.8 Å². The van der Waals surface area contributed by atoms with Crippen LogP contribution in [0.4, 0.5) is 11.4 Å². The molecule has 1 aromatic carbocycles. The van der Waals surface area contributed by atoms with Crippen LogP contribution in [0.3, 0.4) is 0 Å². The summed E-state index contributed by atoms with van der Waals surface area (Å²) in [5.74, 6) is 0.0830. The average molecular weight is 236 g/mol. The molecule has 1 aromatic rings. The Kier molecular flexibility index (Phi) is 4.37. The maximum Gasteiger partial charge on any atom is 0.337 e. The van der Waals surface area contributed by atoms with Crippen molar-refractivity contribution in [2.45, 2.75) is 20.8 Å². The number of carboxylic acids is 1. The molecule has 0 aromatic heterocycles. The van der Waals surface area contributed by atoms with Gasteiger partial charge in [-0.25, -0.2) is 4.79 Å². The third-order valence-electron chi connectivity index (χ3n) is 3.03. The smallest absolute Gasteiger partial charge is 0.337 e. The number of rotatable bonds is 5. The van der Waals surface area contributed by atoms with Crippen LogP contribution in [0.15, 0.2) is 18.2 Å². The third kappa shape index (κ3) is 3.66. The van der Waals surface area contributed by atoms with Crippen LogP contribution in [0, 0.1) is 11.8 Å². The Morgan fingerprint density at radius 1 is 1.41 bits per heavy atom. The molecule has 0 bridgehead atoms. The molecular weight excluding hydrogens is 216 g/mol. The van der Waals surface area contributed by atoms with Crippen LogP contribution < -0.4 is 11.1 Å². The van der Waals surface area contributed by atoms with Crippen LogP contribution in [0.5, 0.6) is 0 Å². The number of hydrogen-bond donors (Lipinski definition) is 3. The zero-order valence-corrected chi connectivity index (χ0v) is 10.5. The summed E-state index contributed by atoms with van der Waals surface area (Å²) in [6.45, 7) is 7.15. The van der Waals surface area contributed by atoms with Gasteiger partial charge < -0.3 is 16.2 Å². The van der Waals surface area contributed by atoms with E-state index in [9.17, 15) is 4.79 Å². The van der Waals surface area contributed by atoms with Gasteiger partial charge in [-0.1, -0.05) is 20.8 Å². The van der Waals surface area contributed by atoms with E-state index in [1.807, 2.05) is 0 Å². The van der Waals surface area contributed by atoms with Gasteiger partial charge >= 0.3 is 5.97 Å². The molecule has 0 saturated heterocycles. The maximum absolute atomic E-state index is 11.0. The second kappa shape index (κ2) is 5.57. The van der Waals surface area contributed by atoms with E-state index in [-0.39, 0.29) is 5.56 Å². The van der Waals surface area contributed by atoms with Gasteiger partial charge in [-0.3, -0.25) is 0 Å². The van der Waals surface area contributed by atoms with Gasteiger partial charge in [0.05, 0.1) is 11.3 Å². The molecule has 4 N–H and O–H groups in total. The van der Waals surface area contributed by atoms with E-state index < -0.39 is 5.97 Å². The molecule has 0 heterocycles. The number of nitrogen functional groups attached to an aromatic ring is 1. The lowest BCUT2D eigenvalue weighted by molar-refractivity contribution is 0.0698. The first-order valence-corrected chi connectivity index (χ1v) is 5.78. The van der Waals surface area contributed by atoms with E-state index in [1.54, 1.807) is 12.1 Å². The summed E-state index contributed by atoms with van der Waals surface area (Å²) in [5, 5.41) is 12.2. The number of carbonyl (C=O) groups is 1. The van der Waals surface area contributed by atoms with E-state index in [1.165, 1.54) is 6.07 Å². The fourth-order valence-corrected chi connectivity index (χ4v) is 1.40. The van der Waals surface area contributed by atoms with E-state index in [4.69, 9.17) is 10.8 Å². The first kappa shape index (κ1) is 13.4. The number of nitrogens with one attached hydrogen (secondary N) is 1. The summed E-state index contributed by atoms with van der Waals surface area (Å²) in [7, 11) is 0. The Morgan fingerprint density at radius 2 is 2.06 bits per heavy atom. The van der Waals surface area contributed by atoms with Crippen LogP contribution in [0.1, 0.15) is 31.1 Å². The van der Waals surface area contributed by atoms with Crippen molar-refractivity contribution < 1.29 is 9.90 Å². The molecule has 0 aliphatic carbocycles. The van der Waals surface area contributed by atoms with Crippen LogP contribution in [-0.2, 0) is 0 Å². The summed E-state index contributed by atoms with van der Waals surface area (Å²) in [5.41, 5.74) is 7.07. The summed E-state index contributed by atoms with van der Waals surface area (Å²) >= 11 is 0. The van der Waals surface area contributed by atoms with Crippen molar-refractivity contribution in [3.05, 3.63) is 23.8 Å². The minimum atomic E-state index is -0.940. The van der Waals surface area contributed by atoms with Gasteiger partial charge in [0, 0.05) is 12.2 Å². The van der Waals surface area contributed by atoms with Gasteiger partial charge in [0.25, 0.3) is 0 Å². The molecule has 0 saturated carbocycles. The van der Waals surface area contributed by atoms with Crippen molar-refractivity contribution in [2.75, 3.05) is 17.6 Å². The first-order valence-electron chi connectivity index (χ1n) is 5.78. The van der Waals surface area contributed by atoms with Gasteiger partial charge in [0.15, 0.2) is 0 Å². The number of carboxylic acid groups (broad SMARTS) is 1. The molecule has 0 aliphatic rings. The SMILES string of the molecule is CC(C)C(C)CNc1cc(N)ccc1C(=O)O. The lowest BCUT2D eigenvalue weighted by Crippen LogP contribution is -2.17. The summed E-state index contributed by atoms with van der Waals surface area (Å²) in [4.78, 5) is 11.0. The lowest BCUT2D eigenvalue weighted by atomic mass is 9.98. The Labute approximate surface area is 102 Å². The minimum absolute atomic E-state index is 0.259. The van der Waals surface area contributed by atoms with Crippen LogP contribution in [0.25, 0.3) is 0 Å². The molecule has 1 atom stereocenters. The topological polar surface area (TPSA) is 75.3 Å². The van der Waals surface area contributed by atoms with Gasteiger partial charge in [-0.05, 0) is 30.0 Å². The number of aromatic carboxylic acids is 1. The van der Waals surface area contributed by atoms with E-state index in [2.05, 4.69) is 26.1 Å². The predicted molar refractivity (Wildman–Crippen MR) is 70.3 cm³/mol. The summed E-state index contributed by atoms with van der Waals surface area (Å²) in [6.07, 6.45) is 0. The van der Waals surface area contributed by atoms with Crippen LogP contribution in [-0.4, -0.2) is 17.6 Å². The second-order valence-corrected chi connectivity index (χ2v) is 4.71. The van der Waals surface area contributed by atoms with E-state index >= 15 is 0 Å². The van der Waals surface area contributed by atoms with Crippen molar-refractivity contribution >= 4 is 17.3 Å². The molecule has 17 heavy (non-hydrogen) atoms. The molecule has 0 spiro atoms. The average Bonchev–Trinajstić information content (AvgIpc) is 2.25. The molecule has 94 valence electrons. The highest BCUT2D eigenvalue weighted by Crippen LogP contribution is 2.20. The Balaban J connectivity index is 2.82. The zero-order valence-electron chi connectivity index (χ0n) is 10.5. The molecule has 0 aliphatic heterocycles. The van der Waals surface area contributed by atoms with Crippen molar-refractivity contribution in [3.63, 3.8) is 0 Å². The third-order valence-corrected chi connectivity index (χ3v) is 3.03. The van der Waals surface area contributed by atoms with Crippen molar-refractivity contribution in [3.8, 4) is 0 Å². The Hall–Kier alpha value is -1.71. The molecule has 4 heteroatoms. The highest BCUT2D eigenvalue weighted by molar-refractivity contribution is 5.95. The monoisotopic (exact) mass is 236 g/mol. The normalized spacial score (nSPS) is 12.5. The number of hydrogen-bond acceptors (Lipinski definition) is 3. The first-order chi connectivity index (χ1) is 7.91. The molecule has 1 unspecified atom stereocenters. The van der Waals surface area contributed by atoms with E-state index in [0.29, 0.717) is 23.2 Å². The second-order valence-electron chi connectivity index (χ2n) is 4.71. The molecular formula is C13H20N2O2.